The molecule has 0 aliphatic rings. The molecule has 3 heterocycles. The largest absolute Gasteiger partial charge is 0.456 e. The summed E-state index contributed by atoms with van der Waals surface area (Å²) in [4.78, 5) is 16.0. The van der Waals surface area contributed by atoms with Crippen molar-refractivity contribution in [2.45, 2.75) is 0 Å². The van der Waals surface area contributed by atoms with Crippen LogP contribution in [0, 0.1) is 0 Å². The van der Waals surface area contributed by atoms with Gasteiger partial charge in [0.2, 0.25) is 0 Å². The highest BCUT2D eigenvalue weighted by Gasteiger charge is 2.23. The average Bonchev–Trinajstić information content (AvgIpc) is 3.89. The van der Waals surface area contributed by atoms with E-state index >= 15 is 0 Å². The Bertz CT molecular complexity index is 3920. The van der Waals surface area contributed by atoms with Gasteiger partial charge in [-0.3, -0.25) is 0 Å². The van der Waals surface area contributed by atoms with E-state index in [1.54, 1.807) is 0 Å². The monoisotopic (exact) mass is 790 g/mol. The van der Waals surface area contributed by atoms with Gasteiger partial charge in [-0.2, -0.15) is 0 Å². The van der Waals surface area contributed by atoms with Crippen LogP contribution in [0.5, 0.6) is 0 Å². The molecule has 13 aromatic rings. The molecule has 0 bridgehead atoms. The highest BCUT2D eigenvalue weighted by Crippen LogP contribution is 2.43. The minimum Gasteiger partial charge on any atom is -0.456 e. The molecular formula is C57H34N4O. The number of furan rings is 1. The van der Waals surface area contributed by atoms with E-state index in [1.807, 2.05) is 36.4 Å². The van der Waals surface area contributed by atoms with Crippen LogP contribution >= 0.6 is 0 Å². The normalized spacial score (nSPS) is 11.9. The molecule has 0 radical (unpaired) electrons. The summed E-state index contributed by atoms with van der Waals surface area (Å²) in [7, 11) is 0. The molecular weight excluding hydrogens is 757 g/mol. The van der Waals surface area contributed by atoms with Crippen LogP contribution in [0.3, 0.4) is 0 Å². The van der Waals surface area contributed by atoms with Crippen LogP contribution in [0.4, 0.5) is 0 Å². The van der Waals surface area contributed by atoms with E-state index in [0.717, 1.165) is 66.1 Å². The Hall–Kier alpha value is -8.41. The van der Waals surface area contributed by atoms with Gasteiger partial charge < -0.3 is 8.98 Å². The fourth-order valence-electron chi connectivity index (χ4n) is 9.55. The Morgan fingerprint density at radius 2 is 0.806 bits per heavy atom. The predicted octanol–water partition coefficient (Wildman–Crippen LogP) is 15.0. The maximum absolute atomic E-state index is 6.38. The van der Waals surface area contributed by atoms with E-state index in [1.165, 1.54) is 43.4 Å². The number of nitrogens with zero attached hydrogens (tertiary/aromatic N) is 4. The molecule has 0 aliphatic carbocycles. The fourth-order valence-corrected chi connectivity index (χ4v) is 9.55. The second-order valence-corrected chi connectivity index (χ2v) is 15.9. The molecule has 0 saturated carbocycles. The molecule has 0 saturated heterocycles. The molecule has 0 atom stereocenters. The molecule has 0 amide bonds. The van der Waals surface area contributed by atoms with E-state index < -0.39 is 0 Å². The Labute approximate surface area is 355 Å². The van der Waals surface area contributed by atoms with E-state index in [0.29, 0.717) is 17.5 Å². The zero-order valence-electron chi connectivity index (χ0n) is 33.3. The van der Waals surface area contributed by atoms with Gasteiger partial charge >= 0.3 is 0 Å². The van der Waals surface area contributed by atoms with Crippen LogP contribution in [0.1, 0.15) is 0 Å². The molecule has 0 spiro atoms. The van der Waals surface area contributed by atoms with Crippen molar-refractivity contribution in [2.24, 2.45) is 0 Å². The maximum atomic E-state index is 6.38. The number of benzene rings is 10. The van der Waals surface area contributed by atoms with E-state index in [2.05, 4.69) is 174 Å². The SMILES string of the molecule is c1ccc(-c2ccc3c(c2)c2ccccc2n3-c2cc3c4ccccc4c4ccccc4c3cc2-c2nc(-c3ccccc3)nc(-c3ccc4c(c3)oc3ccccc34)n2)cc1. The standard InChI is InChI=1S/C57H34N4O/c1-3-15-35(16-4-1)37-28-30-51-48(31-37)43-23-11-13-25-50(43)61(51)52-34-47-42-22-10-8-20-40(42)39-19-7-9-21-41(39)46(47)33-49(52)57-59-55(36-17-5-2-6-18-36)58-56(60-57)38-27-29-45-44-24-12-14-26-53(44)62-54(45)32-38/h1-34H. The Balaban J connectivity index is 1.15. The smallest absolute Gasteiger partial charge is 0.166 e. The van der Waals surface area contributed by atoms with Gasteiger partial charge in [0, 0.05) is 38.2 Å². The van der Waals surface area contributed by atoms with Crippen molar-refractivity contribution in [3.05, 3.63) is 206 Å². The summed E-state index contributed by atoms with van der Waals surface area (Å²) in [6.07, 6.45) is 0. The fraction of sp³-hybridized carbons (Fsp3) is 0. The van der Waals surface area contributed by atoms with Crippen molar-refractivity contribution in [3.63, 3.8) is 0 Å². The topological polar surface area (TPSA) is 56.7 Å². The van der Waals surface area contributed by atoms with Crippen LogP contribution in [0.25, 0.3) is 127 Å². The van der Waals surface area contributed by atoms with Crippen molar-refractivity contribution in [1.29, 1.82) is 0 Å². The van der Waals surface area contributed by atoms with Gasteiger partial charge in [0.05, 0.1) is 16.7 Å². The summed E-state index contributed by atoms with van der Waals surface area (Å²) in [5.41, 5.74) is 9.85. The van der Waals surface area contributed by atoms with E-state index in [9.17, 15) is 0 Å². The number of rotatable bonds is 5. The number of para-hydroxylation sites is 2. The first-order valence-electron chi connectivity index (χ1n) is 20.9. The summed E-state index contributed by atoms with van der Waals surface area (Å²) >= 11 is 0. The summed E-state index contributed by atoms with van der Waals surface area (Å²) in [6.45, 7) is 0. The van der Waals surface area contributed by atoms with Gasteiger partial charge in [-0.15, -0.1) is 0 Å². The van der Waals surface area contributed by atoms with Crippen molar-refractivity contribution in [2.75, 3.05) is 0 Å². The molecule has 0 fully saturated rings. The number of hydrogen-bond acceptors (Lipinski definition) is 4. The lowest BCUT2D eigenvalue weighted by atomic mass is 9.92. The molecule has 3 aromatic heterocycles. The minimum atomic E-state index is 0.570. The maximum Gasteiger partial charge on any atom is 0.166 e. The minimum absolute atomic E-state index is 0.570. The lowest BCUT2D eigenvalue weighted by Crippen LogP contribution is -2.04. The lowest BCUT2D eigenvalue weighted by molar-refractivity contribution is 0.669. The van der Waals surface area contributed by atoms with Crippen LogP contribution < -0.4 is 0 Å². The van der Waals surface area contributed by atoms with E-state index in [4.69, 9.17) is 19.4 Å². The second kappa shape index (κ2) is 13.6. The summed E-state index contributed by atoms with van der Waals surface area (Å²) in [5, 5.41) is 11.6. The molecule has 5 nitrogen and oxygen atoms in total. The lowest BCUT2D eigenvalue weighted by Gasteiger charge is -2.18. The quantitative estimate of drug-likeness (QED) is 0.163. The van der Waals surface area contributed by atoms with Crippen molar-refractivity contribution < 1.29 is 4.42 Å². The van der Waals surface area contributed by atoms with Crippen molar-refractivity contribution in [1.82, 2.24) is 19.5 Å². The number of hydrogen-bond donors (Lipinski definition) is 0. The Morgan fingerprint density at radius 3 is 1.53 bits per heavy atom. The highest BCUT2D eigenvalue weighted by molar-refractivity contribution is 6.26. The summed E-state index contributed by atoms with van der Waals surface area (Å²) < 4.78 is 8.79. The molecule has 10 aromatic carbocycles. The predicted molar refractivity (Wildman–Crippen MR) is 256 cm³/mol. The van der Waals surface area contributed by atoms with Crippen molar-refractivity contribution >= 4 is 76.1 Å². The molecule has 13 rings (SSSR count). The van der Waals surface area contributed by atoms with Gasteiger partial charge in [0.25, 0.3) is 0 Å². The number of fused-ring (bicyclic) bond motifs is 12. The first-order chi connectivity index (χ1) is 30.7. The van der Waals surface area contributed by atoms with Crippen LogP contribution in [-0.2, 0) is 0 Å². The number of aromatic nitrogens is 4. The second-order valence-electron chi connectivity index (χ2n) is 15.9. The van der Waals surface area contributed by atoms with Crippen LogP contribution in [-0.4, -0.2) is 19.5 Å². The first-order valence-corrected chi connectivity index (χ1v) is 20.9. The molecule has 0 N–H and O–H groups in total. The molecule has 5 heteroatoms. The molecule has 288 valence electrons. The molecule has 0 unspecified atom stereocenters. The van der Waals surface area contributed by atoms with Gasteiger partial charge in [-0.1, -0.05) is 158 Å². The van der Waals surface area contributed by atoms with Gasteiger partial charge in [-0.05, 0) is 92.0 Å². The molecule has 62 heavy (non-hydrogen) atoms. The van der Waals surface area contributed by atoms with Gasteiger partial charge in [-0.25, -0.2) is 15.0 Å². The van der Waals surface area contributed by atoms with E-state index in [-0.39, 0.29) is 0 Å². The third-order valence-electron chi connectivity index (χ3n) is 12.4. The van der Waals surface area contributed by atoms with Gasteiger partial charge in [0.15, 0.2) is 17.5 Å². The Kier molecular flexibility index (Phi) is 7.54. The third-order valence-corrected chi connectivity index (χ3v) is 12.4. The Morgan fingerprint density at radius 1 is 0.290 bits per heavy atom. The molecule has 0 aliphatic heterocycles. The summed E-state index contributed by atoms with van der Waals surface area (Å²) in [6, 6.07) is 72.9. The van der Waals surface area contributed by atoms with Crippen LogP contribution in [0.15, 0.2) is 211 Å². The third kappa shape index (κ3) is 5.32. The highest BCUT2D eigenvalue weighted by atomic mass is 16.3. The summed E-state index contributed by atoms with van der Waals surface area (Å²) in [5.74, 6) is 1.75. The van der Waals surface area contributed by atoms with Gasteiger partial charge in [0.1, 0.15) is 11.2 Å². The van der Waals surface area contributed by atoms with Crippen LogP contribution in [0.2, 0.25) is 0 Å². The first kappa shape index (κ1) is 34.5. The zero-order chi connectivity index (χ0) is 40.7. The van der Waals surface area contributed by atoms with Crippen molar-refractivity contribution in [3.8, 4) is 51.0 Å². The average molecular weight is 791 g/mol. The zero-order valence-corrected chi connectivity index (χ0v) is 33.3.